The number of carboxylic acid groups (broad SMARTS) is 1. The third kappa shape index (κ3) is 2.67. The van der Waals surface area contributed by atoms with Gasteiger partial charge >= 0.3 is 5.97 Å². The fourth-order valence-corrected chi connectivity index (χ4v) is 2.68. The smallest absolute Gasteiger partial charge is 0.313 e. The van der Waals surface area contributed by atoms with E-state index in [2.05, 4.69) is 15.1 Å². The molecule has 20 heavy (non-hydrogen) atoms. The molecule has 6 nitrogen and oxygen atoms in total. The predicted molar refractivity (Wildman–Crippen MR) is 72.5 cm³/mol. The van der Waals surface area contributed by atoms with Crippen LogP contribution in [0.25, 0.3) is 11.4 Å². The van der Waals surface area contributed by atoms with Gasteiger partial charge in [-0.2, -0.15) is 4.98 Å². The summed E-state index contributed by atoms with van der Waals surface area (Å²) < 4.78 is 5.29. The Morgan fingerprint density at radius 2 is 2.35 bits per heavy atom. The van der Waals surface area contributed by atoms with Crippen molar-refractivity contribution in [1.29, 1.82) is 0 Å². The highest BCUT2D eigenvalue weighted by Crippen LogP contribution is 2.36. The maximum Gasteiger partial charge on any atom is 0.313 e. The van der Waals surface area contributed by atoms with E-state index in [1.54, 1.807) is 12.3 Å². The van der Waals surface area contributed by atoms with Gasteiger partial charge in [0, 0.05) is 12.1 Å². The number of aromatic nitrogens is 3. The van der Waals surface area contributed by atoms with Crippen LogP contribution >= 0.6 is 11.8 Å². The predicted octanol–water partition coefficient (Wildman–Crippen LogP) is 2.58. The van der Waals surface area contributed by atoms with E-state index >= 15 is 0 Å². The summed E-state index contributed by atoms with van der Waals surface area (Å²) in [5.74, 6) is 0.604. The zero-order valence-electron chi connectivity index (χ0n) is 10.7. The maximum absolute atomic E-state index is 10.7. The molecule has 0 bridgehead atoms. The Balaban J connectivity index is 1.85. The molecule has 1 N–H and O–H groups in total. The van der Waals surface area contributed by atoms with Gasteiger partial charge in [0.1, 0.15) is 5.03 Å². The van der Waals surface area contributed by atoms with Crippen LogP contribution in [0.5, 0.6) is 0 Å². The summed E-state index contributed by atoms with van der Waals surface area (Å²) in [5, 5.41) is 13.4. The lowest BCUT2D eigenvalue weighted by Gasteiger charge is -2.20. The van der Waals surface area contributed by atoms with Gasteiger partial charge < -0.3 is 9.63 Å². The largest absolute Gasteiger partial charge is 0.481 e. The minimum Gasteiger partial charge on any atom is -0.481 e. The molecule has 0 amide bonds. The summed E-state index contributed by atoms with van der Waals surface area (Å²) in [5.41, 5.74) is 0.716. The molecule has 1 aliphatic carbocycles. The molecule has 104 valence electrons. The van der Waals surface area contributed by atoms with E-state index in [0.29, 0.717) is 28.2 Å². The van der Waals surface area contributed by atoms with Crippen molar-refractivity contribution in [1.82, 2.24) is 15.1 Å². The van der Waals surface area contributed by atoms with Gasteiger partial charge in [0.2, 0.25) is 11.7 Å². The molecule has 0 unspecified atom stereocenters. The number of carboxylic acids is 1. The molecule has 1 aliphatic rings. The minimum absolute atomic E-state index is 0.0443. The van der Waals surface area contributed by atoms with Gasteiger partial charge in [-0.15, -0.1) is 0 Å². The number of thioether (sulfide) groups is 1. The van der Waals surface area contributed by atoms with E-state index in [-0.39, 0.29) is 5.75 Å². The molecular formula is C13H13N3O3S. The van der Waals surface area contributed by atoms with Crippen LogP contribution in [0.4, 0.5) is 0 Å². The lowest BCUT2D eigenvalue weighted by Crippen LogP contribution is -2.08. The molecule has 7 heteroatoms. The summed E-state index contributed by atoms with van der Waals surface area (Å²) in [4.78, 5) is 19.3. The van der Waals surface area contributed by atoms with Gasteiger partial charge in [0.15, 0.2) is 0 Å². The third-order valence-corrected chi connectivity index (χ3v) is 4.23. The van der Waals surface area contributed by atoms with Crippen molar-refractivity contribution in [2.75, 3.05) is 5.75 Å². The van der Waals surface area contributed by atoms with Gasteiger partial charge in [0.25, 0.3) is 0 Å². The Kier molecular flexibility index (Phi) is 3.68. The molecule has 0 spiro atoms. The van der Waals surface area contributed by atoms with Crippen molar-refractivity contribution < 1.29 is 14.4 Å². The van der Waals surface area contributed by atoms with Crippen molar-refractivity contribution >= 4 is 17.7 Å². The Hall–Kier alpha value is -1.89. The fourth-order valence-electron chi connectivity index (χ4n) is 1.97. The highest BCUT2D eigenvalue weighted by atomic mass is 32.2. The van der Waals surface area contributed by atoms with Crippen LogP contribution in [-0.2, 0) is 4.79 Å². The van der Waals surface area contributed by atoms with E-state index in [1.165, 1.54) is 6.42 Å². The third-order valence-electron chi connectivity index (χ3n) is 3.24. The molecule has 1 saturated carbocycles. The molecule has 2 aromatic heterocycles. The van der Waals surface area contributed by atoms with Crippen LogP contribution in [0.2, 0.25) is 0 Å². The first-order chi connectivity index (χ1) is 9.74. The summed E-state index contributed by atoms with van der Waals surface area (Å²) in [6, 6.07) is 3.60. The van der Waals surface area contributed by atoms with Crippen LogP contribution in [0.1, 0.15) is 31.1 Å². The van der Waals surface area contributed by atoms with E-state index in [0.717, 1.165) is 24.6 Å². The number of hydrogen-bond donors (Lipinski definition) is 1. The summed E-state index contributed by atoms with van der Waals surface area (Å²) >= 11 is 1.16. The first-order valence-corrected chi connectivity index (χ1v) is 7.36. The second-order valence-electron chi connectivity index (χ2n) is 4.62. The second-order valence-corrected chi connectivity index (χ2v) is 5.59. The molecule has 0 aromatic carbocycles. The zero-order valence-corrected chi connectivity index (χ0v) is 11.5. The van der Waals surface area contributed by atoms with Crippen LogP contribution in [0.15, 0.2) is 27.9 Å². The summed E-state index contributed by atoms with van der Waals surface area (Å²) in [7, 11) is 0. The van der Waals surface area contributed by atoms with Gasteiger partial charge in [-0.05, 0) is 25.0 Å². The molecular weight excluding hydrogens is 278 g/mol. The van der Waals surface area contributed by atoms with Crippen molar-refractivity contribution in [3.63, 3.8) is 0 Å². The lowest BCUT2D eigenvalue weighted by atomic mass is 9.85. The van der Waals surface area contributed by atoms with Crippen molar-refractivity contribution in [2.45, 2.75) is 30.2 Å². The Bertz CT molecular complexity index is 625. The molecule has 2 aromatic rings. The van der Waals surface area contributed by atoms with Gasteiger partial charge in [-0.1, -0.05) is 23.3 Å². The number of pyridine rings is 1. The number of rotatable bonds is 5. The monoisotopic (exact) mass is 291 g/mol. The average molecular weight is 291 g/mol. The Morgan fingerprint density at radius 3 is 3.05 bits per heavy atom. The lowest BCUT2D eigenvalue weighted by molar-refractivity contribution is -0.133. The first kappa shape index (κ1) is 13.1. The zero-order chi connectivity index (χ0) is 13.9. The van der Waals surface area contributed by atoms with Crippen LogP contribution in [0, 0.1) is 0 Å². The van der Waals surface area contributed by atoms with E-state index in [9.17, 15) is 4.79 Å². The van der Waals surface area contributed by atoms with Crippen molar-refractivity contribution in [3.05, 3.63) is 24.2 Å². The van der Waals surface area contributed by atoms with Crippen molar-refractivity contribution in [3.8, 4) is 11.4 Å². The molecule has 1 fully saturated rings. The van der Waals surface area contributed by atoms with E-state index < -0.39 is 5.97 Å². The highest BCUT2D eigenvalue weighted by Gasteiger charge is 2.26. The molecule has 0 radical (unpaired) electrons. The first-order valence-electron chi connectivity index (χ1n) is 6.37. The number of carbonyl (C=O) groups is 1. The van der Waals surface area contributed by atoms with Gasteiger partial charge in [-0.3, -0.25) is 4.79 Å². The summed E-state index contributed by atoms with van der Waals surface area (Å²) in [6.45, 7) is 0. The number of nitrogens with zero attached hydrogens (tertiary/aromatic N) is 3. The number of aliphatic carboxylic acids is 1. The van der Waals surface area contributed by atoms with Crippen LogP contribution in [-0.4, -0.2) is 32.0 Å². The van der Waals surface area contributed by atoms with E-state index in [4.69, 9.17) is 9.63 Å². The minimum atomic E-state index is -0.880. The summed E-state index contributed by atoms with van der Waals surface area (Å²) in [6.07, 6.45) is 5.01. The molecule has 3 rings (SSSR count). The van der Waals surface area contributed by atoms with Crippen LogP contribution < -0.4 is 0 Å². The quantitative estimate of drug-likeness (QED) is 0.847. The molecule has 2 heterocycles. The van der Waals surface area contributed by atoms with Crippen molar-refractivity contribution in [2.24, 2.45) is 0 Å². The standard InChI is InChI=1S/C13H13N3O3S/c17-10(18)7-20-13-9(5-2-6-14-13)11-15-12(19-16-11)8-3-1-4-8/h2,5-6,8H,1,3-4,7H2,(H,17,18). The normalized spacial score (nSPS) is 15.0. The molecule has 0 saturated heterocycles. The topological polar surface area (TPSA) is 89.1 Å². The van der Waals surface area contributed by atoms with Gasteiger partial charge in [-0.25, -0.2) is 4.98 Å². The van der Waals surface area contributed by atoms with Gasteiger partial charge in [0.05, 0.1) is 11.3 Å². The number of hydrogen-bond acceptors (Lipinski definition) is 6. The Labute approximate surface area is 119 Å². The fraction of sp³-hybridized carbons (Fsp3) is 0.385. The average Bonchev–Trinajstić information content (AvgIpc) is 2.84. The second kappa shape index (κ2) is 5.62. The molecule has 0 atom stereocenters. The highest BCUT2D eigenvalue weighted by molar-refractivity contribution is 8.00. The maximum atomic E-state index is 10.7. The van der Waals surface area contributed by atoms with Crippen LogP contribution in [0.3, 0.4) is 0 Å². The Morgan fingerprint density at radius 1 is 1.50 bits per heavy atom. The van der Waals surface area contributed by atoms with E-state index in [1.807, 2.05) is 6.07 Å². The molecule has 0 aliphatic heterocycles. The SMILES string of the molecule is O=C(O)CSc1ncccc1-c1noc(C2CCC2)n1.